The summed E-state index contributed by atoms with van der Waals surface area (Å²) in [5, 5.41) is 0. The van der Waals surface area contributed by atoms with E-state index in [0.29, 0.717) is 6.61 Å². The van der Waals surface area contributed by atoms with Crippen LogP contribution in [0.1, 0.15) is 19.4 Å². The summed E-state index contributed by atoms with van der Waals surface area (Å²) in [6, 6.07) is 8.06. The molecule has 0 fully saturated rings. The molecule has 1 aromatic rings. The second-order valence-electron chi connectivity index (χ2n) is 4.02. The third-order valence-corrected chi connectivity index (χ3v) is 3.75. The predicted octanol–water partition coefficient (Wildman–Crippen LogP) is 3.13. The van der Waals surface area contributed by atoms with Gasteiger partial charge in [-0.2, -0.15) is 11.8 Å². The average molecular weight is 268 g/mol. The maximum atomic E-state index is 11.2. The van der Waals surface area contributed by atoms with E-state index in [9.17, 15) is 4.79 Å². The first-order valence-corrected chi connectivity index (χ1v) is 7.20. The number of carbonyl (C=O) groups is 1. The summed E-state index contributed by atoms with van der Waals surface area (Å²) >= 11 is 1.74. The van der Waals surface area contributed by atoms with Gasteiger partial charge in [-0.1, -0.05) is 19.1 Å². The van der Waals surface area contributed by atoms with Crippen LogP contribution >= 0.6 is 11.8 Å². The highest BCUT2D eigenvalue weighted by Gasteiger charge is 2.12. The van der Waals surface area contributed by atoms with Crippen LogP contribution < -0.4 is 4.74 Å². The molecule has 3 nitrogen and oxygen atoms in total. The Balaban J connectivity index is 2.33. The van der Waals surface area contributed by atoms with Crippen LogP contribution in [0.3, 0.4) is 0 Å². The van der Waals surface area contributed by atoms with Crippen molar-refractivity contribution >= 4 is 17.7 Å². The van der Waals surface area contributed by atoms with Crippen molar-refractivity contribution in [1.82, 2.24) is 0 Å². The molecule has 0 aromatic heterocycles. The van der Waals surface area contributed by atoms with Crippen LogP contribution in [-0.4, -0.2) is 25.4 Å². The Kier molecular flexibility index (Phi) is 6.65. The minimum absolute atomic E-state index is 0.0531. The number of carbonyl (C=O) groups excluding carboxylic acids is 1. The first kappa shape index (κ1) is 14.9. The summed E-state index contributed by atoms with van der Waals surface area (Å²) in [6.45, 7) is 4.54. The largest absolute Gasteiger partial charge is 0.494 e. The zero-order chi connectivity index (χ0) is 13.4. The SMILES string of the molecule is CCOc1ccc(CSCC(C)C(=O)OC)cc1. The van der Waals surface area contributed by atoms with Crippen molar-refractivity contribution in [3.63, 3.8) is 0 Å². The minimum Gasteiger partial charge on any atom is -0.494 e. The number of ether oxygens (including phenoxy) is 2. The Morgan fingerprint density at radius 2 is 2.00 bits per heavy atom. The highest BCUT2D eigenvalue weighted by molar-refractivity contribution is 7.98. The number of rotatable bonds is 7. The van der Waals surface area contributed by atoms with Gasteiger partial charge in [0.1, 0.15) is 5.75 Å². The first-order valence-electron chi connectivity index (χ1n) is 6.04. The van der Waals surface area contributed by atoms with Gasteiger partial charge >= 0.3 is 5.97 Å². The Bertz CT molecular complexity index is 362. The highest BCUT2D eigenvalue weighted by atomic mass is 32.2. The molecule has 4 heteroatoms. The Labute approximate surface area is 113 Å². The van der Waals surface area contributed by atoms with Crippen LogP contribution in [0.5, 0.6) is 5.75 Å². The van der Waals surface area contributed by atoms with E-state index < -0.39 is 0 Å². The van der Waals surface area contributed by atoms with Crippen LogP contribution in [0, 0.1) is 5.92 Å². The van der Waals surface area contributed by atoms with Crippen molar-refractivity contribution in [3.05, 3.63) is 29.8 Å². The second kappa shape index (κ2) is 8.03. The lowest BCUT2D eigenvalue weighted by Crippen LogP contribution is -2.14. The molecule has 0 aliphatic carbocycles. The molecule has 18 heavy (non-hydrogen) atoms. The topological polar surface area (TPSA) is 35.5 Å². The van der Waals surface area contributed by atoms with Crippen molar-refractivity contribution < 1.29 is 14.3 Å². The fraction of sp³-hybridized carbons (Fsp3) is 0.500. The average Bonchev–Trinajstić information content (AvgIpc) is 2.40. The number of methoxy groups -OCH3 is 1. The van der Waals surface area contributed by atoms with E-state index in [1.165, 1.54) is 12.7 Å². The molecule has 1 rings (SSSR count). The van der Waals surface area contributed by atoms with Crippen LogP contribution in [0.4, 0.5) is 0 Å². The molecule has 100 valence electrons. The van der Waals surface area contributed by atoms with Crippen LogP contribution in [0.2, 0.25) is 0 Å². The second-order valence-corrected chi connectivity index (χ2v) is 5.05. The molecule has 0 amide bonds. The maximum Gasteiger partial charge on any atom is 0.309 e. The quantitative estimate of drug-likeness (QED) is 0.712. The van der Waals surface area contributed by atoms with E-state index >= 15 is 0 Å². The van der Waals surface area contributed by atoms with Gasteiger partial charge in [0.05, 0.1) is 19.6 Å². The highest BCUT2D eigenvalue weighted by Crippen LogP contribution is 2.19. The van der Waals surface area contributed by atoms with Gasteiger partial charge < -0.3 is 9.47 Å². The summed E-state index contributed by atoms with van der Waals surface area (Å²) in [5.74, 6) is 2.37. The van der Waals surface area contributed by atoms with Crippen LogP contribution in [-0.2, 0) is 15.3 Å². The predicted molar refractivity (Wildman–Crippen MR) is 75.0 cm³/mol. The van der Waals surface area contributed by atoms with Gasteiger partial charge in [-0.25, -0.2) is 0 Å². The van der Waals surface area contributed by atoms with Crippen LogP contribution in [0.25, 0.3) is 0 Å². The fourth-order valence-corrected chi connectivity index (χ4v) is 2.51. The van der Waals surface area contributed by atoms with Crippen molar-refractivity contribution in [3.8, 4) is 5.75 Å². The van der Waals surface area contributed by atoms with Gasteiger partial charge in [-0.05, 0) is 24.6 Å². The van der Waals surface area contributed by atoms with Crippen molar-refractivity contribution in [1.29, 1.82) is 0 Å². The molecule has 0 spiro atoms. The molecule has 0 aliphatic heterocycles. The van der Waals surface area contributed by atoms with Gasteiger partial charge in [0.25, 0.3) is 0 Å². The minimum atomic E-state index is -0.144. The zero-order valence-electron chi connectivity index (χ0n) is 11.1. The van der Waals surface area contributed by atoms with Crippen molar-refractivity contribution in [2.45, 2.75) is 19.6 Å². The summed E-state index contributed by atoms with van der Waals surface area (Å²) in [7, 11) is 1.43. The standard InChI is InChI=1S/C14H20O3S/c1-4-17-13-7-5-12(6-8-13)10-18-9-11(2)14(15)16-3/h5-8,11H,4,9-10H2,1-3H3. The number of esters is 1. The van der Waals surface area contributed by atoms with E-state index in [1.807, 2.05) is 26.0 Å². The van der Waals surface area contributed by atoms with Crippen molar-refractivity contribution in [2.75, 3.05) is 19.5 Å². The first-order chi connectivity index (χ1) is 8.67. The summed E-state index contributed by atoms with van der Waals surface area (Å²) in [5.41, 5.74) is 1.24. The monoisotopic (exact) mass is 268 g/mol. The molecule has 0 aliphatic rings. The molecule has 0 saturated heterocycles. The molecule has 0 saturated carbocycles. The van der Waals surface area contributed by atoms with Gasteiger partial charge in [-0.3, -0.25) is 4.79 Å². The Hall–Kier alpha value is -1.16. The van der Waals surface area contributed by atoms with Crippen LogP contribution in [0.15, 0.2) is 24.3 Å². The summed E-state index contributed by atoms with van der Waals surface area (Å²) < 4.78 is 10.1. The molecule has 1 atom stereocenters. The molecular weight excluding hydrogens is 248 g/mol. The lowest BCUT2D eigenvalue weighted by atomic mass is 10.2. The van der Waals surface area contributed by atoms with E-state index in [-0.39, 0.29) is 11.9 Å². The summed E-state index contributed by atoms with van der Waals surface area (Å²) in [4.78, 5) is 11.2. The zero-order valence-corrected chi connectivity index (χ0v) is 12.0. The lowest BCUT2D eigenvalue weighted by molar-refractivity contribution is -0.143. The number of benzene rings is 1. The van der Waals surface area contributed by atoms with Gasteiger partial charge in [0.15, 0.2) is 0 Å². The molecule has 0 heterocycles. The molecule has 1 unspecified atom stereocenters. The fourth-order valence-electron chi connectivity index (χ4n) is 1.47. The number of hydrogen-bond donors (Lipinski definition) is 0. The summed E-state index contributed by atoms with van der Waals surface area (Å²) in [6.07, 6.45) is 0. The van der Waals surface area contributed by atoms with Gasteiger partial charge in [-0.15, -0.1) is 0 Å². The maximum absolute atomic E-state index is 11.2. The molecule has 0 N–H and O–H groups in total. The molecule has 1 aromatic carbocycles. The molecule has 0 bridgehead atoms. The Morgan fingerprint density at radius 3 is 2.56 bits per heavy atom. The van der Waals surface area contributed by atoms with E-state index in [2.05, 4.69) is 16.9 Å². The van der Waals surface area contributed by atoms with Gasteiger partial charge in [0, 0.05) is 11.5 Å². The normalized spacial score (nSPS) is 11.9. The number of hydrogen-bond acceptors (Lipinski definition) is 4. The Morgan fingerprint density at radius 1 is 1.33 bits per heavy atom. The lowest BCUT2D eigenvalue weighted by Gasteiger charge is -2.09. The van der Waals surface area contributed by atoms with Gasteiger partial charge in [0.2, 0.25) is 0 Å². The molecule has 0 radical (unpaired) electrons. The molecular formula is C14H20O3S. The third-order valence-electron chi connectivity index (χ3n) is 2.47. The van der Waals surface area contributed by atoms with E-state index in [1.54, 1.807) is 11.8 Å². The van der Waals surface area contributed by atoms with E-state index in [4.69, 9.17) is 4.74 Å². The number of thioether (sulfide) groups is 1. The third kappa shape index (κ3) is 5.00. The smallest absolute Gasteiger partial charge is 0.309 e. The van der Waals surface area contributed by atoms with E-state index in [0.717, 1.165) is 17.3 Å². The van der Waals surface area contributed by atoms with Crippen molar-refractivity contribution in [2.24, 2.45) is 5.92 Å².